The minimum atomic E-state index is 0. The first-order valence-corrected chi connectivity index (χ1v) is 11.0. The summed E-state index contributed by atoms with van der Waals surface area (Å²) in [6.45, 7) is 8.66. The normalized spacial score (nSPS) is 17.6. The number of halogens is 1. The van der Waals surface area contributed by atoms with Gasteiger partial charge in [-0.2, -0.15) is 0 Å². The first-order chi connectivity index (χ1) is 14.2. The standard InChI is InChI=1S/C23H35N5O.HI/c1-2-24-23(25-14-6-11-22(29)26-21-12-13-21)28-18-16-27(17-19-28)15-7-10-20-8-4-3-5-9-20;/h3-5,7-10,21H,2,6,11-19H2,1H3,(H,24,25)(H,26,29);1H/b10-7+;. The van der Waals surface area contributed by atoms with Crippen LogP contribution in [0.1, 0.15) is 38.2 Å². The number of carbonyl (C=O) groups is 1. The first-order valence-electron chi connectivity index (χ1n) is 11.0. The summed E-state index contributed by atoms with van der Waals surface area (Å²) in [7, 11) is 0. The van der Waals surface area contributed by atoms with Crippen molar-refractivity contribution in [1.82, 2.24) is 20.4 Å². The van der Waals surface area contributed by atoms with Crippen LogP contribution in [0.15, 0.2) is 41.4 Å². The van der Waals surface area contributed by atoms with Crippen molar-refractivity contribution < 1.29 is 4.79 Å². The Morgan fingerprint density at radius 3 is 2.57 bits per heavy atom. The second kappa shape index (κ2) is 13.6. The van der Waals surface area contributed by atoms with E-state index < -0.39 is 0 Å². The van der Waals surface area contributed by atoms with Gasteiger partial charge in [0.15, 0.2) is 5.96 Å². The molecule has 1 amide bonds. The maximum atomic E-state index is 11.8. The number of guanidine groups is 1. The molecular formula is C23H36IN5O. The molecule has 0 aromatic heterocycles. The molecule has 1 aliphatic carbocycles. The van der Waals surface area contributed by atoms with Gasteiger partial charge in [0.05, 0.1) is 0 Å². The topological polar surface area (TPSA) is 60.0 Å². The Hall–Kier alpha value is -1.61. The number of rotatable bonds is 9. The summed E-state index contributed by atoms with van der Waals surface area (Å²) in [6, 6.07) is 10.9. The van der Waals surface area contributed by atoms with Crippen LogP contribution in [-0.2, 0) is 4.79 Å². The van der Waals surface area contributed by atoms with Crippen LogP contribution < -0.4 is 10.6 Å². The van der Waals surface area contributed by atoms with Crippen molar-refractivity contribution in [1.29, 1.82) is 0 Å². The highest BCUT2D eigenvalue weighted by molar-refractivity contribution is 14.0. The van der Waals surface area contributed by atoms with Gasteiger partial charge in [0, 0.05) is 58.3 Å². The maximum absolute atomic E-state index is 11.8. The van der Waals surface area contributed by atoms with E-state index in [4.69, 9.17) is 4.99 Å². The van der Waals surface area contributed by atoms with Crippen LogP contribution in [0.3, 0.4) is 0 Å². The third-order valence-corrected chi connectivity index (χ3v) is 5.25. The quantitative estimate of drug-likeness (QED) is 0.225. The lowest BCUT2D eigenvalue weighted by Gasteiger charge is -2.36. The molecule has 6 nitrogen and oxygen atoms in total. The number of hydrogen-bond acceptors (Lipinski definition) is 3. The Balaban J connectivity index is 0.00000320. The van der Waals surface area contributed by atoms with Crippen LogP contribution in [0.5, 0.6) is 0 Å². The van der Waals surface area contributed by atoms with Crippen molar-refractivity contribution in [3.63, 3.8) is 0 Å². The van der Waals surface area contributed by atoms with Crippen molar-refractivity contribution in [2.24, 2.45) is 4.99 Å². The summed E-state index contributed by atoms with van der Waals surface area (Å²) in [5.41, 5.74) is 1.25. The summed E-state index contributed by atoms with van der Waals surface area (Å²) in [6.07, 6.45) is 8.10. The summed E-state index contributed by atoms with van der Waals surface area (Å²) >= 11 is 0. The van der Waals surface area contributed by atoms with Crippen LogP contribution >= 0.6 is 24.0 Å². The number of aliphatic imine (C=N–C) groups is 1. The first kappa shape index (κ1) is 24.7. The Morgan fingerprint density at radius 2 is 1.90 bits per heavy atom. The highest BCUT2D eigenvalue weighted by Gasteiger charge is 2.23. The molecule has 0 bridgehead atoms. The van der Waals surface area contributed by atoms with Gasteiger partial charge in [-0.1, -0.05) is 42.5 Å². The average molecular weight is 525 g/mol. The van der Waals surface area contributed by atoms with E-state index in [0.717, 1.165) is 64.5 Å². The summed E-state index contributed by atoms with van der Waals surface area (Å²) < 4.78 is 0. The van der Waals surface area contributed by atoms with Gasteiger partial charge in [0.2, 0.25) is 5.91 Å². The predicted octanol–water partition coefficient (Wildman–Crippen LogP) is 2.96. The smallest absolute Gasteiger partial charge is 0.220 e. The fourth-order valence-electron chi connectivity index (χ4n) is 3.42. The Labute approximate surface area is 198 Å². The molecule has 0 spiro atoms. The number of nitrogens with one attached hydrogen (secondary N) is 2. The van der Waals surface area contributed by atoms with Gasteiger partial charge >= 0.3 is 0 Å². The van der Waals surface area contributed by atoms with Crippen molar-refractivity contribution >= 4 is 41.9 Å². The fraction of sp³-hybridized carbons (Fsp3) is 0.565. The number of piperazine rings is 1. The van der Waals surface area contributed by atoms with Gasteiger partial charge in [0.25, 0.3) is 0 Å². The van der Waals surface area contributed by atoms with Gasteiger partial charge in [-0.05, 0) is 31.7 Å². The molecular weight excluding hydrogens is 489 g/mol. The summed E-state index contributed by atoms with van der Waals surface area (Å²) in [5, 5.41) is 6.44. The molecule has 3 rings (SSSR count). The molecule has 1 saturated heterocycles. The van der Waals surface area contributed by atoms with E-state index in [-0.39, 0.29) is 29.9 Å². The molecule has 7 heteroatoms. The van der Waals surface area contributed by atoms with E-state index in [9.17, 15) is 4.79 Å². The van der Waals surface area contributed by atoms with Gasteiger partial charge in [0.1, 0.15) is 0 Å². The molecule has 1 aliphatic heterocycles. The van der Waals surface area contributed by atoms with Crippen LogP contribution in [0.25, 0.3) is 6.08 Å². The van der Waals surface area contributed by atoms with E-state index in [2.05, 4.69) is 63.8 Å². The second-order valence-corrected chi connectivity index (χ2v) is 7.78. The van der Waals surface area contributed by atoms with Crippen molar-refractivity contribution in [2.45, 2.75) is 38.6 Å². The largest absolute Gasteiger partial charge is 0.357 e. The molecule has 0 unspecified atom stereocenters. The number of hydrogen-bond donors (Lipinski definition) is 2. The molecule has 1 saturated carbocycles. The maximum Gasteiger partial charge on any atom is 0.220 e. The number of amides is 1. The van der Waals surface area contributed by atoms with Crippen molar-refractivity contribution in [3.8, 4) is 0 Å². The van der Waals surface area contributed by atoms with Crippen LogP contribution in [0.4, 0.5) is 0 Å². The van der Waals surface area contributed by atoms with Gasteiger partial charge in [-0.25, -0.2) is 0 Å². The molecule has 0 atom stereocenters. The van der Waals surface area contributed by atoms with E-state index in [0.29, 0.717) is 19.0 Å². The zero-order valence-electron chi connectivity index (χ0n) is 18.1. The molecule has 2 aliphatic rings. The molecule has 1 aromatic carbocycles. The lowest BCUT2D eigenvalue weighted by molar-refractivity contribution is -0.121. The molecule has 166 valence electrons. The van der Waals surface area contributed by atoms with Crippen LogP contribution in [0, 0.1) is 0 Å². The van der Waals surface area contributed by atoms with E-state index in [1.54, 1.807) is 0 Å². The average Bonchev–Trinajstić information content (AvgIpc) is 3.56. The lowest BCUT2D eigenvalue weighted by atomic mass is 10.2. The third-order valence-electron chi connectivity index (χ3n) is 5.25. The SMILES string of the molecule is CCNC(=NCCCC(=O)NC1CC1)N1CCN(C/C=C/c2ccccc2)CC1.I. The zero-order valence-corrected chi connectivity index (χ0v) is 20.4. The Bertz CT molecular complexity index is 682. The summed E-state index contributed by atoms with van der Waals surface area (Å²) in [4.78, 5) is 21.3. The van der Waals surface area contributed by atoms with Crippen molar-refractivity contribution in [2.75, 3.05) is 45.8 Å². The number of nitrogens with zero attached hydrogens (tertiary/aromatic N) is 3. The molecule has 1 aromatic rings. The third kappa shape index (κ3) is 9.04. The minimum absolute atomic E-state index is 0. The predicted molar refractivity (Wildman–Crippen MR) is 135 cm³/mol. The van der Waals surface area contributed by atoms with Gasteiger partial charge in [-0.3, -0.25) is 14.7 Å². The molecule has 1 heterocycles. The Morgan fingerprint density at radius 1 is 1.17 bits per heavy atom. The molecule has 2 N–H and O–H groups in total. The summed E-state index contributed by atoms with van der Waals surface area (Å²) in [5.74, 6) is 1.15. The van der Waals surface area contributed by atoms with E-state index in [1.165, 1.54) is 5.56 Å². The van der Waals surface area contributed by atoms with Crippen molar-refractivity contribution in [3.05, 3.63) is 42.0 Å². The van der Waals surface area contributed by atoms with Gasteiger partial charge in [-0.15, -0.1) is 24.0 Å². The number of carbonyl (C=O) groups excluding carboxylic acids is 1. The van der Waals surface area contributed by atoms with E-state index >= 15 is 0 Å². The lowest BCUT2D eigenvalue weighted by Crippen LogP contribution is -2.52. The van der Waals surface area contributed by atoms with Crippen LogP contribution in [0.2, 0.25) is 0 Å². The van der Waals surface area contributed by atoms with E-state index in [1.807, 2.05) is 6.07 Å². The monoisotopic (exact) mass is 525 g/mol. The minimum Gasteiger partial charge on any atom is -0.357 e. The Kier molecular flexibility index (Phi) is 11.2. The number of benzene rings is 1. The highest BCUT2D eigenvalue weighted by Crippen LogP contribution is 2.18. The molecule has 30 heavy (non-hydrogen) atoms. The molecule has 0 radical (unpaired) electrons. The van der Waals surface area contributed by atoms with Crippen LogP contribution in [-0.4, -0.2) is 73.5 Å². The second-order valence-electron chi connectivity index (χ2n) is 7.78. The van der Waals surface area contributed by atoms with Gasteiger partial charge < -0.3 is 15.5 Å². The molecule has 2 fully saturated rings. The fourth-order valence-corrected chi connectivity index (χ4v) is 3.42. The zero-order chi connectivity index (χ0) is 20.3. The highest BCUT2D eigenvalue weighted by atomic mass is 127.